The fourth-order valence-electron chi connectivity index (χ4n) is 1.51. The molecule has 68 valence electrons. The third-order valence-electron chi connectivity index (χ3n) is 2.27. The van der Waals surface area contributed by atoms with Crippen LogP contribution >= 0.6 is 0 Å². The highest BCUT2D eigenvalue weighted by Crippen LogP contribution is 2.19. The Morgan fingerprint density at radius 2 is 2.42 bits per heavy atom. The van der Waals surface area contributed by atoms with Gasteiger partial charge in [-0.25, -0.2) is 0 Å². The van der Waals surface area contributed by atoms with Crippen LogP contribution in [0.4, 0.5) is 0 Å². The van der Waals surface area contributed by atoms with Crippen molar-refractivity contribution in [2.75, 3.05) is 0 Å². The molecule has 1 fully saturated rings. The Bertz CT molecular complexity index is 202. The molecule has 1 aliphatic rings. The lowest BCUT2D eigenvalue weighted by Gasteiger charge is -2.28. The molecule has 0 aromatic rings. The van der Waals surface area contributed by atoms with E-state index in [0.717, 1.165) is 0 Å². The van der Waals surface area contributed by atoms with Crippen LogP contribution in [0, 0.1) is 5.92 Å². The van der Waals surface area contributed by atoms with Crippen molar-refractivity contribution in [3.63, 3.8) is 0 Å². The molecule has 0 aliphatic carbocycles. The van der Waals surface area contributed by atoms with Crippen LogP contribution in [0.5, 0.6) is 0 Å². The molecule has 1 aliphatic heterocycles. The Balaban J connectivity index is 2.45. The van der Waals surface area contributed by atoms with E-state index in [1.54, 1.807) is 0 Å². The van der Waals surface area contributed by atoms with E-state index >= 15 is 0 Å². The molecule has 0 aromatic carbocycles. The van der Waals surface area contributed by atoms with Gasteiger partial charge in [-0.05, 0) is 19.3 Å². The predicted octanol–water partition coefficient (Wildman–Crippen LogP) is 0.376. The third kappa shape index (κ3) is 2.22. The first-order chi connectivity index (χ1) is 5.59. The van der Waals surface area contributed by atoms with Crippen LogP contribution in [0.3, 0.4) is 0 Å². The first-order valence-corrected chi connectivity index (χ1v) is 4.10. The zero-order valence-electron chi connectivity index (χ0n) is 7.04. The molecule has 0 radical (unpaired) electrons. The second-order valence-electron chi connectivity index (χ2n) is 3.25. The van der Waals surface area contributed by atoms with Crippen LogP contribution in [0.1, 0.15) is 26.2 Å². The van der Waals surface area contributed by atoms with Crippen molar-refractivity contribution in [2.45, 2.75) is 32.2 Å². The summed E-state index contributed by atoms with van der Waals surface area (Å²) >= 11 is 0. The van der Waals surface area contributed by atoms with E-state index in [1.807, 2.05) is 6.92 Å². The molecule has 1 saturated heterocycles. The molecule has 1 rings (SSSR count). The second-order valence-corrected chi connectivity index (χ2v) is 3.25. The van der Waals surface area contributed by atoms with Crippen molar-refractivity contribution in [2.24, 2.45) is 5.92 Å². The molecule has 0 bridgehead atoms. The Kier molecular flexibility index (Phi) is 2.68. The Morgan fingerprint density at radius 3 is 2.92 bits per heavy atom. The highest BCUT2D eigenvalue weighted by Gasteiger charge is 2.26. The second kappa shape index (κ2) is 3.56. The van der Waals surface area contributed by atoms with Gasteiger partial charge in [0.05, 0.1) is 6.42 Å². The van der Waals surface area contributed by atoms with Gasteiger partial charge in [0.15, 0.2) is 0 Å². The van der Waals surface area contributed by atoms with Crippen LogP contribution in [0.25, 0.3) is 0 Å². The van der Waals surface area contributed by atoms with Crippen molar-refractivity contribution in [3.05, 3.63) is 0 Å². The summed E-state index contributed by atoms with van der Waals surface area (Å²) in [6, 6.07) is 0.00218. The minimum absolute atomic E-state index is 0.00218. The van der Waals surface area contributed by atoms with Gasteiger partial charge in [0, 0.05) is 12.5 Å². The molecule has 2 atom stereocenters. The van der Waals surface area contributed by atoms with Crippen molar-refractivity contribution in [1.82, 2.24) is 5.32 Å². The van der Waals surface area contributed by atoms with Gasteiger partial charge < -0.3 is 10.4 Å². The predicted molar refractivity (Wildman–Crippen MR) is 42.6 cm³/mol. The van der Waals surface area contributed by atoms with Crippen molar-refractivity contribution >= 4 is 11.9 Å². The third-order valence-corrected chi connectivity index (χ3v) is 2.27. The molecule has 0 saturated carbocycles. The molecule has 1 heterocycles. The number of aliphatic carboxylic acids is 1. The fraction of sp³-hybridized carbons (Fsp3) is 0.750. The summed E-state index contributed by atoms with van der Waals surface area (Å²) in [6.07, 6.45) is 1.31. The van der Waals surface area contributed by atoms with Gasteiger partial charge in [-0.1, -0.05) is 0 Å². The van der Waals surface area contributed by atoms with Crippen LogP contribution in [0.2, 0.25) is 0 Å². The molecule has 0 spiro atoms. The number of carboxylic acid groups (broad SMARTS) is 1. The highest BCUT2D eigenvalue weighted by atomic mass is 16.4. The maximum absolute atomic E-state index is 10.8. The molecule has 1 amide bonds. The Hall–Kier alpha value is -1.06. The first kappa shape index (κ1) is 9.03. The van der Waals surface area contributed by atoms with E-state index in [-0.39, 0.29) is 24.3 Å². The summed E-state index contributed by atoms with van der Waals surface area (Å²) in [5.41, 5.74) is 0. The maximum Gasteiger partial charge on any atom is 0.303 e. The van der Waals surface area contributed by atoms with E-state index < -0.39 is 5.97 Å². The van der Waals surface area contributed by atoms with E-state index in [0.29, 0.717) is 12.8 Å². The normalized spacial score (nSPS) is 29.6. The lowest BCUT2D eigenvalue weighted by Crippen LogP contribution is -2.43. The largest absolute Gasteiger partial charge is 0.481 e. The van der Waals surface area contributed by atoms with Crippen LogP contribution in [-0.2, 0) is 9.59 Å². The summed E-state index contributed by atoms with van der Waals surface area (Å²) in [5, 5.41) is 11.3. The molecule has 0 unspecified atom stereocenters. The highest BCUT2D eigenvalue weighted by molar-refractivity contribution is 5.77. The van der Waals surface area contributed by atoms with Gasteiger partial charge in [-0.15, -0.1) is 0 Å². The molecule has 2 N–H and O–H groups in total. The van der Waals surface area contributed by atoms with Gasteiger partial charge in [-0.3, -0.25) is 9.59 Å². The van der Waals surface area contributed by atoms with E-state index in [9.17, 15) is 9.59 Å². The molecule has 12 heavy (non-hydrogen) atoms. The van der Waals surface area contributed by atoms with Crippen molar-refractivity contribution in [1.29, 1.82) is 0 Å². The van der Waals surface area contributed by atoms with Crippen LogP contribution in [0.15, 0.2) is 0 Å². The Labute approximate surface area is 71.0 Å². The number of carbonyl (C=O) groups is 2. The summed E-state index contributed by atoms with van der Waals surface area (Å²) in [4.78, 5) is 21.2. The molecular weight excluding hydrogens is 158 g/mol. The minimum Gasteiger partial charge on any atom is -0.481 e. The number of amides is 1. The lowest BCUT2D eigenvalue weighted by molar-refractivity contribution is -0.139. The minimum atomic E-state index is -0.789. The average molecular weight is 171 g/mol. The van der Waals surface area contributed by atoms with Gasteiger partial charge in [-0.2, -0.15) is 0 Å². The topological polar surface area (TPSA) is 66.4 Å². The number of rotatable bonds is 2. The van der Waals surface area contributed by atoms with Gasteiger partial charge >= 0.3 is 5.97 Å². The van der Waals surface area contributed by atoms with Crippen LogP contribution < -0.4 is 5.32 Å². The smallest absolute Gasteiger partial charge is 0.303 e. The average Bonchev–Trinajstić information content (AvgIpc) is 1.94. The molecular formula is C8H13NO3. The Morgan fingerprint density at radius 1 is 1.75 bits per heavy atom. The summed E-state index contributed by atoms with van der Waals surface area (Å²) in [7, 11) is 0. The van der Waals surface area contributed by atoms with E-state index in [2.05, 4.69) is 5.32 Å². The quantitative estimate of drug-likeness (QED) is 0.631. The number of hydrogen-bond acceptors (Lipinski definition) is 2. The number of hydrogen-bond donors (Lipinski definition) is 2. The van der Waals surface area contributed by atoms with Gasteiger partial charge in [0.1, 0.15) is 0 Å². The van der Waals surface area contributed by atoms with Crippen molar-refractivity contribution in [3.8, 4) is 0 Å². The molecule has 0 aromatic heterocycles. The summed E-state index contributed by atoms with van der Waals surface area (Å²) in [5.74, 6) is -0.660. The number of piperidine rings is 1. The number of carboxylic acids is 1. The molecule has 4 nitrogen and oxygen atoms in total. The van der Waals surface area contributed by atoms with E-state index in [4.69, 9.17) is 5.11 Å². The van der Waals surface area contributed by atoms with Crippen molar-refractivity contribution < 1.29 is 14.7 Å². The standard InChI is InChI=1S/C8H13NO3/c1-5-6(4-8(11)12)2-3-7(10)9-5/h5-6H,2-4H2,1H3,(H,9,10)(H,11,12)/t5-,6-/m0/s1. The van der Waals surface area contributed by atoms with Crippen LogP contribution in [-0.4, -0.2) is 23.0 Å². The zero-order valence-corrected chi connectivity index (χ0v) is 7.04. The van der Waals surface area contributed by atoms with Gasteiger partial charge in [0.25, 0.3) is 0 Å². The number of carbonyl (C=O) groups excluding carboxylic acids is 1. The van der Waals surface area contributed by atoms with E-state index in [1.165, 1.54) is 0 Å². The monoisotopic (exact) mass is 171 g/mol. The number of nitrogens with one attached hydrogen (secondary N) is 1. The first-order valence-electron chi connectivity index (χ1n) is 4.10. The summed E-state index contributed by atoms with van der Waals surface area (Å²) in [6.45, 7) is 1.85. The van der Waals surface area contributed by atoms with Gasteiger partial charge in [0.2, 0.25) is 5.91 Å². The SMILES string of the molecule is C[C@@H]1NC(=O)CC[C@H]1CC(=O)O. The summed E-state index contributed by atoms with van der Waals surface area (Å²) < 4.78 is 0. The zero-order chi connectivity index (χ0) is 9.14. The molecule has 4 heteroatoms. The maximum atomic E-state index is 10.8. The fourth-order valence-corrected chi connectivity index (χ4v) is 1.51. The lowest BCUT2D eigenvalue weighted by atomic mass is 9.89.